The van der Waals surface area contributed by atoms with Gasteiger partial charge in [-0.3, -0.25) is 30.2 Å². The van der Waals surface area contributed by atoms with Crippen molar-refractivity contribution in [3.63, 3.8) is 0 Å². The molecule has 9 heteroatoms. The minimum Gasteiger partial charge on any atom is -0.457 e. The van der Waals surface area contributed by atoms with Gasteiger partial charge in [-0.2, -0.15) is 0 Å². The number of pyridine rings is 1. The van der Waals surface area contributed by atoms with E-state index in [-0.39, 0.29) is 22.7 Å². The second-order valence-electron chi connectivity index (χ2n) is 6.00. The number of halogens is 1. The number of nitrogens with one attached hydrogen (secondary N) is 3. The molecule has 0 unspecified atom stereocenters. The summed E-state index contributed by atoms with van der Waals surface area (Å²) in [7, 11) is 1.50. The lowest BCUT2D eigenvalue weighted by molar-refractivity contribution is 0.0846. The van der Waals surface area contributed by atoms with Crippen LogP contribution in [0, 0.1) is 5.82 Å². The van der Waals surface area contributed by atoms with Crippen molar-refractivity contribution in [2.24, 2.45) is 0 Å². The van der Waals surface area contributed by atoms with Gasteiger partial charge >= 0.3 is 0 Å². The van der Waals surface area contributed by atoms with E-state index in [2.05, 4.69) is 21.2 Å². The molecule has 0 radical (unpaired) electrons. The van der Waals surface area contributed by atoms with E-state index >= 15 is 0 Å². The predicted molar refractivity (Wildman–Crippen MR) is 105 cm³/mol. The number of hydrazine groups is 1. The van der Waals surface area contributed by atoms with Crippen LogP contribution in [0.3, 0.4) is 0 Å². The van der Waals surface area contributed by atoms with Crippen molar-refractivity contribution in [2.75, 3.05) is 7.05 Å². The average Bonchev–Trinajstić information content (AvgIpc) is 2.78. The van der Waals surface area contributed by atoms with Crippen LogP contribution < -0.4 is 20.9 Å². The van der Waals surface area contributed by atoms with E-state index in [0.717, 1.165) is 12.1 Å². The lowest BCUT2D eigenvalue weighted by Gasteiger charge is -2.09. The van der Waals surface area contributed by atoms with Gasteiger partial charge in [0, 0.05) is 30.4 Å². The Kier molecular flexibility index (Phi) is 6.33. The number of rotatable bonds is 5. The van der Waals surface area contributed by atoms with Crippen LogP contribution in [-0.2, 0) is 0 Å². The summed E-state index contributed by atoms with van der Waals surface area (Å²) in [4.78, 5) is 39.7. The summed E-state index contributed by atoms with van der Waals surface area (Å²) in [6.45, 7) is 0. The number of ether oxygens (including phenoxy) is 1. The topological polar surface area (TPSA) is 109 Å². The summed E-state index contributed by atoms with van der Waals surface area (Å²) >= 11 is 0. The lowest BCUT2D eigenvalue weighted by Crippen LogP contribution is -2.41. The molecule has 1 heterocycles. The molecule has 3 N–H and O–H groups in total. The highest BCUT2D eigenvalue weighted by molar-refractivity contribution is 5.99. The second-order valence-corrected chi connectivity index (χ2v) is 6.00. The zero-order chi connectivity index (χ0) is 21.5. The highest BCUT2D eigenvalue weighted by atomic mass is 19.1. The fourth-order valence-electron chi connectivity index (χ4n) is 2.40. The monoisotopic (exact) mass is 408 g/mol. The Morgan fingerprint density at radius 2 is 1.37 bits per heavy atom. The number of aromatic nitrogens is 1. The first-order valence-electron chi connectivity index (χ1n) is 8.78. The van der Waals surface area contributed by atoms with E-state index in [4.69, 9.17) is 4.74 Å². The van der Waals surface area contributed by atoms with E-state index in [9.17, 15) is 18.8 Å². The van der Waals surface area contributed by atoms with E-state index < -0.39 is 17.6 Å². The van der Waals surface area contributed by atoms with Gasteiger partial charge in [0.15, 0.2) is 0 Å². The fraction of sp³-hybridized carbons (Fsp3) is 0.0476. The van der Waals surface area contributed by atoms with Crippen LogP contribution in [0.15, 0.2) is 66.9 Å². The Balaban J connectivity index is 1.58. The number of carbonyl (C=O) groups excluding carboxylic acids is 3. The van der Waals surface area contributed by atoms with Gasteiger partial charge in [-0.05, 0) is 54.6 Å². The van der Waals surface area contributed by atoms with Gasteiger partial charge < -0.3 is 10.1 Å². The molecule has 2 aromatic carbocycles. The summed E-state index contributed by atoms with van der Waals surface area (Å²) in [6.07, 6.45) is 1.45. The quantitative estimate of drug-likeness (QED) is 0.562. The maximum absolute atomic E-state index is 12.9. The number of amides is 3. The third kappa shape index (κ3) is 5.16. The molecule has 0 aliphatic rings. The van der Waals surface area contributed by atoms with Crippen LogP contribution in [-0.4, -0.2) is 29.8 Å². The second kappa shape index (κ2) is 9.28. The van der Waals surface area contributed by atoms with E-state index in [1.165, 1.54) is 43.6 Å². The Hall–Kier alpha value is -4.27. The Morgan fingerprint density at radius 3 is 1.93 bits per heavy atom. The zero-order valence-corrected chi connectivity index (χ0v) is 15.8. The van der Waals surface area contributed by atoms with E-state index in [1.807, 2.05) is 0 Å². The smallest absolute Gasteiger partial charge is 0.269 e. The first-order valence-corrected chi connectivity index (χ1v) is 8.78. The predicted octanol–water partition coefficient (Wildman–Crippen LogP) is 2.45. The molecule has 8 nitrogen and oxygen atoms in total. The van der Waals surface area contributed by atoms with Crippen molar-refractivity contribution in [1.82, 2.24) is 21.2 Å². The third-order valence-corrected chi connectivity index (χ3v) is 3.94. The highest BCUT2D eigenvalue weighted by Gasteiger charge is 2.10. The number of hydrogen-bond donors (Lipinski definition) is 3. The van der Waals surface area contributed by atoms with Crippen molar-refractivity contribution in [3.8, 4) is 11.5 Å². The third-order valence-electron chi connectivity index (χ3n) is 3.94. The van der Waals surface area contributed by atoms with Gasteiger partial charge in [-0.25, -0.2) is 4.39 Å². The van der Waals surface area contributed by atoms with Gasteiger partial charge in [0.05, 0.1) is 0 Å². The molecule has 0 fully saturated rings. The Bertz CT molecular complexity index is 1070. The SMILES string of the molecule is CNC(=O)c1cc(Oc2ccc(C(=O)NNC(=O)c3ccc(F)cc3)cc2)ccn1. The summed E-state index contributed by atoms with van der Waals surface area (Å²) in [6, 6.07) is 14.1. The molecule has 30 heavy (non-hydrogen) atoms. The van der Waals surface area contributed by atoms with Crippen LogP contribution >= 0.6 is 0 Å². The van der Waals surface area contributed by atoms with Crippen LogP contribution in [0.1, 0.15) is 31.2 Å². The van der Waals surface area contributed by atoms with Crippen molar-refractivity contribution in [1.29, 1.82) is 0 Å². The first-order chi connectivity index (χ1) is 14.5. The molecule has 0 aliphatic carbocycles. The van der Waals surface area contributed by atoms with Crippen molar-refractivity contribution in [3.05, 3.63) is 89.5 Å². The number of benzene rings is 2. The van der Waals surface area contributed by atoms with Gasteiger partial charge in [0.25, 0.3) is 17.7 Å². The fourth-order valence-corrected chi connectivity index (χ4v) is 2.40. The van der Waals surface area contributed by atoms with Crippen molar-refractivity contribution in [2.45, 2.75) is 0 Å². The van der Waals surface area contributed by atoms with Crippen molar-refractivity contribution < 1.29 is 23.5 Å². The molecule has 0 saturated carbocycles. The largest absolute Gasteiger partial charge is 0.457 e. The molecule has 152 valence electrons. The molecule has 3 aromatic rings. The molecule has 3 amide bonds. The molecule has 0 bridgehead atoms. The molecular weight excluding hydrogens is 391 g/mol. The molecule has 0 atom stereocenters. The van der Waals surface area contributed by atoms with Gasteiger partial charge in [0.2, 0.25) is 0 Å². The van der Waals surface area contributed by atoms with Crippen LogP contribution in [0.2, 0.25) is 0 Å². The molecule has 0 spiro atoms. The standard InChI is InChI=1S/C21H17FN4O4/c1-23-21(29)18-12-17(10-11-24-18)30-16-8-4-14(5-9-16)20(28)26-25-19(27)13-2-6-15(22)7-3-13/h2-12H,1H3,(H,23,29)(H,25,27)(H,26,28). The number of carbonyl (C=O) groups is 3. The Morgan fingerprint density at radius 1 is 0.800 bits per heavy atom. The minimum absolute atomic E-state index is 0.203. The molecular formula is C21H17FN4O4. The summed E-state index contributed by atoms with van der Waals surface area (Å²) < 4.78 is 18.6. The van der Waals surface area contributed by atoms with Gasteiger partial charge in [-0.15, -0.1) is 0 Å². The summed E-state index contributed by atoms with van der Waals surface area (Å²) in [5.74, 6) is -1.07. The zero-order valence-electron chi connectivity index (χ0n) is 15.8. The van der Waals surface area contributed by atoms with Crippen molar-refractivity contribution >= 4 is 17.7 Å². The summed E-state index contributed by atoms with van der Waals surface area (Å²) in [5, 5.41) is 2.48. The van der Waals surface area contributed by atoms with Crippen LogP contribution in [0.4, 0.5) is 4.39 Å². The van der Waals surface area contributed by atoms with Gasteiger partial charge in [-0.1, -0.05) is 0 Å². The number of nitrogens with zero attached hydrogens (tertiary/aromatic N) is 1. The normalized spacial score (nSPS) is 10.1. The van der Waals surface area contributed by atoms with E-state index in [1.54, 1.807) is 18.2 Å². The van der Waals surface area contributed by atoms with E-state index in [0.29, 0.717) is 11.5 Å². The summed E-state index contributed by atoms with van der Waals surface area (Å²) in [5.41, 5.74) is 5.23. The molecule has 0 saturated heterocycles. The van der Waals surface area contributed by atoms with Gasteiger partial charge in [0.1, 0.15) is 23.0 Å². The molecule has 0 aliphatic heterocycles. The molecule has 3 rings (SSSR count). The van der Waals surface area contributed by atoms with Crippen LogP contribution in [0.25, 0.3) is 0 Å². The molecule has 1 aromatic heterocycles. The lowest BCUT2D eigenvalue weighted by atomic mass is 10.2. The Labute approximate surface area is 171 Å². The van der Waals surface area contributed by atoms with Crippen LogP contribution in [0.5, 0.6) is 11.5 Å². The minimum atomic E-state index is -0.576. The maximum Gasteiger partial charge on any atom is 0.269 e. The number of hydrogen-bond acceptors (Lipinski definition) is 5. The highest BCUT2D eigenvalue weighted by Crippen LogP contribution is 2.22. The maximum atomic E-state index is 12.9. The first kappa shape index (κ1) is 20.5. The average molecular weight is 408 g/mol.